The number of amides is 4. The second-order valence-corrected chi connectivity index (χ2v) is 20.4. The summed E-state index contributed by atoms with van der Waals surface area (Å²) in [6.07, 6.45) is 9.83. The van der Waals surface area contributed by atoms with Gasteiger partial charge in [-0.05, 0) is 137 Å². The van der Waals surface area contributed by atoms with E-state index >= 15 is 0 Å². The number of unbranched alkanes of at least 4 members (excludes halogenated alkanes) is 5. The van der Waals surface area contributed by atoms with Gasteiger partial charge in [-0.15, -0.1) is 0 Å². The number of piperidine rings is 2. The maximum atomic E-state index is 14.5. The predicted octanol–water partition coefficient (Wildman–Crippen LogP) is 10.9. The Morgan fingerprint density at radius 2 is 1.57 bits per heavy atom. The number of ketones is 1. The summed E-state index contributed by atoms with van der Waals surface area (Å²) in [5.74, 6) is -0.0126. The number of aryl methyl sites for hydroxylation is 4. The Morgan fingerprint density at radius 3 is 2.31 bits per heavy atom. The van der Waals surface area contributed by atoms with Crippen LogP contribution in [0.3, 0.4) is 0 Å². The number of hydrogen-bond donors (Lipinski definition) is 2. The number of hydrogen-bond acceptors (Lipinski definition) is 10. The second kappa shape index (κ2) is 26.5. The van der Waals surface area contributed by atoms with Crippen molar-refractivity contribution in [2.45, 2.75) is 161 Å². The number of esters is 1. The number of nitrogens with zero attached hydrogens (tertiary/aromatic N) is 2. The molecule has 2 N–H and O–H groups in total. The maximum absolute atomic E-state index is 14.5. The molecule has 0 spiro atoms. The van der Waals surface area contributed by atoms with Crippen molar-refractivity contribution in [3.63, 3.8) is 0 Å². The lowest BCUT2D eigenvalue weighted by atomic mass is 9.91. The molecule has 7 rings (SSSR count). The van der Waals surface area contributed by atoms with Gasteiger partial charge in [-0.25, -0.2) is 4.79 Å². The average molecular weight is 1030 g/mol. The van der Waals surface area contributed by atoms with Crippen molar-refractivity contribution in [1.82, 2.24) is 15.1 Å². The van der Waals surface area contributed by atoms with Crippen molar-refractivity contribution in [1.29, 1.82) is 0 Å². The van der Waals surface area contributed by atoms with Crippen molar-refractivity contribution >= 4 is 41.1 Å². The molecule has 0 aliphatic carbocycles. The zero-order chi connectivity index (χ0) is 53.6. The van der Waals surface area contributed by atoms with Crippen molar-refractivity contribution in [2.24, 2.45) is 0 Å². The molecular weight excluding hydrogens is 949 g/mol. The van der Waals surface area contributed by atoms with Gasteiger partial charge in [0.05, 0.1) is 20.1 Å². The van der Waals surface area contributed by atoms with Crippen LogP contribution in [0, 0.1) is 20.8 Å². The number of Topliss-reactive ketones (excluding diaryl/α,β-unsaturated/α-hetero) is 1. The van der Waals surface area contributed by atoms with E-state index in [1.807, 2.05) is 50.2 Å². The highest BCUT2D eigenvalue weighted by Gasteiger charge is 2.40. The molecule has 3 aliphatic rings. The minimum Gasteiger partial charge on any atom is -0.493 e. The molecule has 4 aromatic rings. The number of fused-ring (bicyclic) bond motifs is 1. The zero-order valence-corrected chi connectivity index (χ0v) is 44.9. The van der Waals surface area contributed by atoms with E-state index < -0.39 is 30.1 Å². The summed E-state index contributed by atoms with van der Waals surface area (Å²) < 4.78 is 24.0. The third-order valence-corrected chi connectivity index (χ3v) is 15.1. The molecule has 2 fully saturated rings. The highest BCUT2D eigenvalue weighted by molar-refractivity contribution is 6.04. The molecule has 14 heteroatoms. The molecular formula is C61H76N4O10. The van der Waals surface area contributed by atoms with Crippen LogP contribution in [0.2, 0.25) is 0 Å². The van der Waals surface area contributed by atoms with E-state index in [2.05, 4.69) is 49.3 Å². The van der Waals surface area contributed by atoms with Gasteiger partial charge in [0.15, 0.2) is 17.3 Å². The Morgan fingerprint density at radius 1 is 0.813 bits per heavy atom. The molecule has 4 aromatic carbocycles. The normalized spacial score (nSPS) is 17.2. The summed E-state index contributed by atoms with van der Waals surface area (Å²) >= 11 is 0. The van der Waals surface area contributed by atoms with E-state index in [9.17, 15) is 28.8 Å². The molecule has 14 nitrogen and oxygen atoms in total. The highest BCUT2D eigenvalue weighted by Crippen LogP contribution is 2.39. The molecule has 0 bridgehead atoms. The first kappa shape index (κ1) is 55.8. The molecule has 3 heterocycles. The van der Waals surface area contributed by atoms with Crippen LogP contribution in [0.1, 0.15) is 165 Å². The van der Waals surface area contributed by atoms with Crippen LogP contribution < -0.4 is 24.8 Å². The fourth-order valence-corrected chi connectivity index (χ4v) is 10.7. The van der Waals surface area contributed by atoms with Gasteiger partial charge >= 0.3 is 5.97 Å². The number of benzene rings is 4. The van der Waals surface area contributed by atoms with Gasteiger partial charge < -0.3 is 39.4 Å². The summed E-state index contributed by atoms with van der Waals surface area (Å²) in [7, 11) is 3.17. The van der Waals surface area contributed by atoms with E-state index in [1.165, 1.54) is 11.1 Å². The average Bonchev–Trinajstić information content (AvgIpc) is 3.74. The fraction of sp³-hybridized carbons (Fsp3) is 0.475. The second-order valence-electron chi connectivity index (χ2n) is 20.4. The molecule has 2 saturated heterocycles. The Hall–Kier alpha value is -6.96. The summed E-state index contributed by atoms with van der Waals surface area (Å²) in [5, 5.41) is 5.76. The van der Waals surface area contributed by atoms with E-state index in [0.29, 0.717) is 111 Å². The minimum absolute atomic E-state index is 0.0261. The largest absolute Gasteiger partial charge is 0.493 e. The van der Waals surface area contributed by atoms with Crippen LogP contribution in [-0.4, -0.2) is 84.6 Å². The monoisotopic (exact) mass is 1020 g/mol. The smallest absolute Gasteiger partial charge is 0.329 e. The number of ether oxygens (including phenoxy) is 4. The Kier molecular flexibility index (Phi) is 19.7. The van der Waals surface area contributed by atoms with Gasteiger partial charge in [0.1, 0.15) is 30.5 Å². The van der Waals surface area contributed by atoms with Gasteiger partial charge in [-0.2, -0.15) is 0 Å². The summed E-state index contributed by atoms with van der Waals surface area (Å²) in [6.45, 7) is 12.5. The van der Waals surface area contributed by atoms with Gasteiger partial charge in [0.2, 0.25) is 17.7 Å². The molecule has 4 amide bonds. The molecule has 3 aliphatic heterocycles. The summed E-state index contributed by atoms with van der Waals surface area (Å²) in [5.41, 5.74) is 8.31. The number of para-hydroxylation sites is 1. The van der Waals surface area contributed by atoms with Crippen LogP contribution in [0.25, 0.3) is 0 Å². The maximum Gasteiger partial charge on any atom is 0.329 e. The fourth-order valence-electron chi connectivity index (χ4n) is 10.7. The van der Waals surface area contributed by atoms with Crippen molar-refractivity contribution < 1.29 is 47.7 Å². The number of carbonyl (C=O) groups is 6. The van der Waals surface area contributed by atoms with E-state index in [-0.39, 0.29) is 42.6 Å². The van der Waals surface area contributed by atoms with Crippen LogP contribution in [-0.2, 0) is 41.7 Å². The number of anilines is 1. The van der Waals surface area contributed by atoms with Crippen molar-refractivity contribution in [2.75, 3.05) is 32.7 Å². The van der Waals surface area contributed by atoms with Crippen LogP contribution in [0.5, 0.6) is 17.2 Å². The van der Waals surface area contributed by atoms with Crippen LogP contribution >= 0.6 is 0 Å². The first-order valence-corrected chi connectivity index (χ1v) is 27.0. The Labute approximate surface area is 442 Å². The molecule has 1 unspecified atom stereocenters. The minimum atomic E-state index is -0.761. The number of rotatable bonds is 25. The lowest BCUT2D eigenvalue weighted by Crippen LogP contribution is -2.50. The SMILES string of the molecule is C=C1CCC(N2Cc3c(NC(=O)CCCCCCCCC(=O)COc4ccccc4[C@@H](CCc4ccc(C)c(C)c4)OC(=O)[C@@H]4CCCCN4C(=O)[C@@H](CC)c4cc(C)c(OC)c(OC)c4)cccc3C2=O)C(=O)N1. The van der Waals surface area contributed by atoms with E-state index in [0.717, 1.165) is 60.8 Å². The number of carbonyl (C=O) groups excluding carboxylic acids is 6. The predicted molar refractivity (Wildman–Crippen MR) is 289 cm³/mol. The summed E-state index contributed by atoms with van der Waals surface area (Å²) in [6, 6.07) is 21.6. The summed E-state index contributed by atoms with van der Waals surface area (Å²) in [4.78, 5) is 84.5. The lowest BCUT2D eigenvalue weighted by molar-refractivity contribution is -0.162. The molecule has 0 aromatic heterocycles. The van der Waals surface area contributed by atoms with Gasteiger partial charge in [-0.3, -0.25) is 24.0 Å². The molecule has 75 heavy (non-hydrogen) atoms. The molecule has 0 saturated carbocycles. The quantitative estimate of drug-likeness (QED) is 0.0481. The van der Waals surface area contributed by atoms with Gasteiger partial charge in [0, 0.05) is 54.0 Å². The van der Waals surface area contributed by atoms with Crippen LogP contribution in [0.15, 0.2) is 85.1 Å². The number of nitrogens with one attached hydrogen (secondary N) is 2. The number of allylic oxidation sites excluding steroid dienone is 1. The Bertz CT molecular complexity index is 2730. The van der Waals surface area contributed by atoms with E-state index in [1.54, 1.807) is 42.2 Å². The standard InChI is InChI=1S/C61H76N4O10/c1-8-46(44-35-41(4)57(73-7)55(36-44)72-6)59(69)64-33-18-17-24-52(64)61(71)75-54(32-30-43-29-27-39(2)40(3)34-43)48-21-15-16-25-53(48)74-38-45(66)20-13-11-9-10-12-14-26-56(67)63-50-23-19-22-47-49(50)37-65(60(47)70)51-31-28-42(5)62-58(51)68/h15-16,19,21-23,25,27,29,34-36,46,51-52,54H,5,8-14,17-18,20,24,26,28,30-33,37-38H2,1-4,6-7H3,(H,62,68)(H,63,67)/t46-,51?,52-,54+/m0/s1. The first-order valence-electron chi connectivity index (χ1n) is 27.0. The topological polar surface area (TPSA) is 170 Å². The number of likely N-dealkylation sites (tertiary alicyclic amines) is 1. The van der Waals surface area contributed by atoms with Crippen LogP contribution in [0.4, 0.5) is 5.69 Å². The lowest BCUT2D eigenvalue weighted by Gasteiger charge is -2.37. The van der Waals surface area contributed by atoms with Crippen molar-refractivity contribution in [3.05, 3.63) is 130 Å². The first-order chi connectivity index (χ1) is 36.2. The third kappa shape index (κ3) is 14.1. The molecule has 4 atom stereocenters. The van der Waals surface area contributed by atoms with E-state index in [4.69, 9.17) is 18.9 Å². The molecule has 0 radical (unpaired) electrons. The van der Waals surface area contributed by atoms with Gasteiger partial charge in [0.25, 0.3) is 5.91 Å². The van der Waals surface area contributed by atoms with Crippen molar-refractivity contribution in [3.8, 4) is 17.2 Å². The highest BCUT2D eigenvalue weighted by atomic mass is 16.5. The number of methoxy groups -OCH3 is 2. The third-order valence-electron chi connectivity index (χ3n) is 15.1. The molecule has 400 valence electrons. The Balaban J connectivity index is 0.897. The van der Waals surface area contributed by atoms with Gasteiger partial charge in [-0.1, -0.05) is 87.7 Å². The zero-order valence-electron chi connectivity index (χ0n) is 44.9.